The van der Waals surface area contributed by atoms with E-state index in [2.05, 4.69) is 13.5 Å². The Morgan fingerprint density at radius 1 is 1.20 bits per heavy atom. The summed E-state index contributed by atoms with van der Waals surface area (Å²) in [6, 6.07) is 0. The van der Waals surface area contributed by atoms with Crippen molar-refractivity contribution in [3.63, 3.8) is 0 Å². The van der Waals surface area contributed by atoms with Gasteiger partial charge in [-0.25, -0.2) is 0 Å². The van der Waals surface area contributed by atoms with E-state index in [0.717, 1.165) is 24.7 Å². The maximum absolute atomic E-state index is 9.92. The van der Waals surface area contributed by atoms with Gasteiger partial charge in [-0.05, 0) is 37.5 Å². The molecule has 1 fully saturated rings. The summed E-state index contributed by atoms with van der Waals surface area (Å²) in [4.78, 5) is 0. The zero-order chi connectivity index (χ0) is 14.8. The van der Waals surface area contributed by atoms with Crippen LogP contribution in [-0.4, -0.2) is 22.4 Å². The van der Waals surface area contributed by atoms with E-state index in [0.29, 0.717) is 12.8 Å². The lowest BCUT2D eigenvalue weighted by Crippen LogP contribution is -2.14. The monoisotopic (exact) mass is 280 g/mol. The molecule has 2 N–H and O–H groups in total. The van der Waals surface area contributed by atoms with Crippen molar-refractivity contribution in [1.82, 2.24) is 0 Å². The Labute approximate surface area is 124 Å². The standard InChI is InChI=1S/C18H32O2/c1-3-17(19)11-4-5-12-18(20)13-7-10-16-9-6-8-15(2)14-16/h3-5,15-20H,1,6-14H2,2H3/b5-4-/t15-,16-,17?,18?/m0/s1. The molecule has 0 amide bonds. The van der Waals surface area contributed by atoms with E-state index in [1.165, 1.54) is 38.2 Å². The normalized spacial score (nSPS) is 26.6. The molecular formula is C18H32O2. The summed E-state index contributed by atoms with van der Waals surface area (Å²) < 4.78 is 0. The predicted octanol–water partition coefficient (Wildman–Crippen LogP) is 4.23. The smallest absolute Gasteiger partial charge is 0.0752 e. The van der Waals surface area contributed by atoms with Gasteiger partial charge in [0.1, 0.15) is 0 Å². The summed E-state index contributed by atoms with van der Waals surface area (Å²) >= 11 is 0. The van der Waals surface area contributed by atoms with Crippen molar-refractivity contribution < 1.29 is 10.2 Å². The van der Waals surface area contributed by atoms with Crippen molar-refractivity contribution in [2.45, 2.75) is 76.9 Å². The largest absolute Gasteiger partial charge is 0.393 e. The zero-order valence-corrected chi connectivity index (χ0v) is 13.0. The average Bonchev–Trinajstić information content (AvgIpc) is 2.43. The lowest BCUT2D eigenvalue weighted by atomic mass is 9.80. The van der Waals surface area contributed by atoms with Crippen LogP contribution in [0.25, 0.3) is 0 Å². The minimum atomic E-state index is -0.461. The second kappa shape index (κ2) is 10.2. The molecule has 0 aromatic carbocycles. The van der Waals surface area contributed by atoms with Crippen LogP contribution < -0.4 is 0 Å². The van der Waals surface area contributed by atoms with Crippen molar-refractivity contribution in [3.8, 4) is 0 Å². The van der Waals surface area contributed by atoms with Crippen molar-refractivity contribution in [1.29, 1.82) is 0 Å². The highest BCUT2D eigenvalue weighted by Gasteiger charge is 2.18. The minimum absolute atomic E-state index is 0.229. The Kier molecular flexibility index (Phi) is 8.88. The first kappa shape index (κ1) is 17.5. The molecule has 0 saturated heterocycles. The molecule has 2 unspecified atom stereocenters. The second-order valence-electron chi connectivity index (χ2n) is 6.47. The number of hydrogen-bond donors (Lipinski definition) is 2. The van der Waals surface area contributed by atoms with Gasteiger partial charge in [0.25, 0.3) is 0 Å². The summed E-state index contributed by atoms with van der Waals surface area (Å²) in [5, 5.41) is 19.2. The molecule has 116 valence electrons. The Hall–Kier alpha value is -0.600. The fourth-order valence-electron chi connectivity index (χ4n) is 3.17. The van der Waals surface area contributed by atoms with E-state index in [-0.39, 0.29) is 6.10 Å². The van der Waals surface area contributed by atoms with Crippen molar-refractivity contribution in [2.24, 2.45) is 11.8 Å². The van der Waals surface area contributed by atoms with Gasteiger partial charge in [-0.15, -0.1) is 6.58 Å². The average molecular weight is 280 g/mol. The van der Waals surface area contributed by atoms with Gasteiger partial charge in [0.15, 0.2) is 0 Å². The van der Waals surface area contributed by atoms with Crippen LogP contribution in [0.4, 0.5) is 0 Å². The molecule has 1 saturated carbocycles. The van der Waals surface area contributed by atoms with Gasteiger partial charge >= 0.3 is 0 Å². The SMILES string of the molecule is C=CC(O)C/C=C\CC(O)CCC[C@@H]1CCC[C@H](C)C1. The van der Waals surface area contributed by atoms with Gasteiger partial charge in [0.05, 0.1) is 12.2 Å². The zero-order valence-electron chi connectivity index (χ0n) is 13.0. The van der Waals surface area contributed by atoms with E-state index in [4.69, 9.17) is 0 Å². The second-order valence-corrected chi connectivity index (χ2v) is 6.47. The van der Waals surface area contributed by atoms with Crippen LogP contribution in [0.2, 0.25) is 0 Å². The van der Waals surface area contributed by atoms with Crippen LogP contribution in [0, 0.1) is 11.8 Å². The van der Waals surface area contributed by atoms with Gasteiger partial charge in [-0.2, -0.15) is 0 Å². The Balaban J connectivity index is 2.04. The minimum Gasteiger partial charge on any atom is -0.393 e. The summed E-state index contributed by atoms with van der Waals surface area (Å²) in [5.74, 6) is 1.79. The number of hydrogen-bond acceptors (Lipinski definition) is 2. The number of aliphatic hydroxyl groups excluding tert-OH is 2. The Morgan fingerprint density at radius 3 is 2.65 bits per heavy atom. The first-order valence-corrected chi connectivity index (χ1v) is 8.25. The molecule has 2 heteroatoms. The van der Waals surface area contributed by atoms with Crippen LogP contribution in [-0.2, 0) is 0 Å². The molecule has 1 aliphatic carbocycles. The van der Waals surface area contributed by atoms with Crippen LogP contribution in [0.15, 0.2) is 24.8 Å². The third-order valence-electron chi connectivity index (χ3n) is 4.42. The molecule has 0 bridgehead atoms. The molecule has 4 atom stereocenters. The number of aliphatic hydroxyl groups is 2. The molecule has 2 nitrogen and oxygen atoms in total. The van der Waals surface area contributed by atoms with Gasteiger partial charge in [-0.1, -0.05) is 57.3 Å². The molecule has 0 aromatic rings. The van der Waals surface area contributed by atoms with Gasteiger partial charge in [-0.3, -0.25) is 0 Å². The van der Waals surface area contributed by atoms with Crippen LogP contribution in [0.1, 0.15) is 64.7 Å². The Morgan fingerprint density at radius 2 is 1.95 bits per heavy atom. The molecule has 0 heterocycles. The van der Waals surface area contributed by atoms with Crippen molar-refractivity contribution in [3.05, 3.63) is 24.8 Å². The molecular weight excluding hydrogens is 248 g/mol. The molecule has 0 aromatic heterocycles. The highest BCUT2D eigenvalue weighted by molar-refractivity contribution is 4.91. The summed E-state index contributed by atoms with van der Waals surface area (Å²) in [7, 11) is 0. The molecule has 0 spiro atoms. The van der Waals surface area contributed by atoms with Gasteiger partial charge in [0.2, 0.25) is 0 Å². The highest BCUT2D eigenvalue weighted by atomic mass is 16.3. The van der Waals surface area contributed by atoms with E-state index >= 15 is 0 Å². The topological polar surface area (TPSA) is 40.5 Å². The quantitative estimate of drug-likeness (QED) is 0.621. The first-order valence-electron chi connectivity index (χ1n) is 8.25. The van der Waals surface area contributed by atoms with Crippen LogP contribution in [0.5, 0.6) is 0 Å². The van der Waals surface area contributed by atoms with E-state index in [1.54, 1.807) is 0 Å². The highest BCUT2D eigenvalue weighted by Crippen LogP contribution is 2.31. The summed E-state index contributed by atoms with van der Waals surface area (Å²) in [6.45, 7) is 5.90. The Bertz CT molecular complexity index is 285. The number of rotatable bonds is 9. The van der Waals surface area contributed by atoms with E-state index in [1.807, 2.05) is 12.2 Å². The lowest BCUT2D eigenvalue weighted by Gasteiger charge is -2.26. The van der Waals surface area contributed by atoms with Crippen LogP contribution >= 0.6 is 0 Å². The third-order valence-corrected chi connectivity index (χ3v) is 4.42. The van der Waals surface area contributed by atoms with Gasteiger partial charge in [0, 0.05) is 0 Å². The lowest BCUT2D eigenvalue weighted by molar-refractivity contribution is 0.157. The fourth-order valence-corrected chi connectivity index (χ4v) is 3.17. The van der Waals surface area contributed by atoms with E-state index < -0.39 is 6.10 Å². The molecule has 0 radical (unpaired) electrons. The maximum atomic E-state index is 9.92. The molecule has 1 aliphatic rings. The summed E-state index contributed by atoms with van der Waals surface area (Å²) in [6.07, 6.45) is 14.9. The van der Waals surface area contributed by atoms with Crippen molar-refractivity contribution >= 4 is 0 Å². The molecule has 20 heavy (non-hydrogen) atoms. The van der Waals surface area contributed by atoms with Crippen LogP contribution in [0.3, 0.4) is 0 Å². The maximum Gasteiger partial charge on any atom is 0.0752 e. The summed E-state index contributed by atoms with van der Waals surface area (Å²) in [5.41, 5.74) is 0. The van der Waals surface area contributed by atoms with Gasteiger partial charge < -0.3 is 10.2 Å². The third kappa shape index (κ3) is 7.86. The fraction of sp³-hybridized carbons (Fsp3) is 0.778. The first-order chi connectivity index (χ1) is 9.61. The molecule has 1 rings (SSSR count). The van der Waals surface area contributed by atoms with Crippen molar-refractivity contribution in [2.75, 3.05) is 0 Å². The predicted molar refractivity (Wildman–Crippen MR) is 85.6 cm³/mol. The molecule has 0 aliphatic heterocycles. The van der Waals surface area contributed by atoms with E-state index in [9.17, 15) is 10.2 Å².